The molecule has 0 saturated heterocycles. The van der Waals surface area contributed by atoms with Gasteiger partial charge in [-0.15, -0.1) is 0 Å². The Morgan fingerprint density at radius 2 is 2.45 bits per heavy atom. The predicted octanol–water partition coefficient (Wildman–Crippen LogP) is 2.49. The summed E-state index contributed by atoms with van der Waals surface area (Å²) in [6.07, 6.45) is 8.26. The minimum absolute atomic E-state index is 0.169. The third-order valence-corrected chi connectivity index (χ3v) is 2.00. The highest BCUT2D eigenvalue weighted by atomic mass is 16.1. The van der Waals surface area contributed by atoms with Crippen LogP contribution in [0.15, 0.2) is 23.8 Å². The van der Waals surface area contributed by atoms with Gasteiger partial charge in [0.1, 0.15) is 0 Å². The van der Waals surface area contributed by atoms with Crippen LogP contribution in [-0.2, 0) is 4.79 Å². The largest absolute Gasteiger partial charge is 0.295 e. The zero-order valence-corrected chi connectivity index (χ0v) is 7.13. The summed E-state index contributed by atoms with van der Waals surface area (Å²) >= 11 is 0. The van der Waals surface area contributed by atoms with Gasteiger partial charge in [-0.05, 0) is 31.8 Å². The van der Waals surface area contributed by atoms with E-state index in [0.29, 0.717) is 5.92 Å². The summed E-state index contributed by atoms with van der Waals surface area (Å²) in [5.41, 5.74) is 1.28. The van der Waals surface area contributed by atoms with E-state index in [4.69, 9.17) is 0 Å². The number of hydrogen-bond acceptors (Lipinski definition) is 1. The van der Waals surface area contributed by atoms with Crippen molar-refractivity contribution in [3.63, 3.8) is 0 Å². The molecule has 0 bridgehead atoms. The van der Waals surface area contributed by atoms with Gasteiger partial charge in [0.25, 0.3) is 0 Å². The molecule has 1 rings (SSSR count). The van der Waals surface area contributed by atoms with Crippen LogP contribution in [0.1, 0.15) is 26.7 Å². The predicted molar refractivity (Wildman–Crippen MR) is 46.3 cm³/mol. The smallest absolute Gasteiger partial charge is 0.152 e. The normalized spacial score (nSPS) is 27.5. The van der Waals surface area contributed by atoms with Gasteiger partial charge < -0.3 is 0 Å². The molecule has 0 saturated carbocycles. The van der Waals surface area contributed by atoms with E-state index in [2.05, 4.69) is 19.1 Å². The summed E-state index contributed by atoms with van der Waals surface area (Å²) in [7, 11) is 0. The molecule has 1 unspecified atom stereocenters. The third kappa shape index (κ3) is 2.34. The first-order chi connectivity index (χ1) is 5.20. The van der Waals surface area contributed by atoms with Gasteiger partial charge in [-0.2, -0.15) is 0 Å². The van der Waals surface area contributed by atoms with E-state index in [-0.39, 0.29) is 5.78 Å². The average molecular weight is 150 g/mol. The Balaban J connectivity index is 2.72. The molecular weight excluding hydrogens is 136 g/mol. The molecule has 0 amide bonds. The number of ketones is 1. The van der Waals surface area contributed by atoms with E-state index in [9.17, 15) is 4.79 Å². The van der Waals surface area contributed by atoms with Gasteiger partial charge in [0, 0.05) is 0 Å². The number of carbonyl (C=O) groups is 1. The molecular formula is C10H14O. The van der Waals surface area contributed by atoms with Crippen molar-refractivity contribution in [2.24, 2.45) is 5.92 Å². The fourth-order valence-corrected chi connectivity index (χ4v) is 1.37. The van der Waals surface area contributed by atoms with E-state index < -0.39 is 0 Å². The van der Waals surface area contributed by atoms with E-state index >= 15 is 0 Å². The SMILES string of the molecule is CC(=O)C=C1CCC=CC1C. The van der Waals surface area contributed by atoms with Crippen molar-refractivity contribution in [3.05, 3.63) is 23.8 Å². The van der Waals surface area contributed by atoms with Gasteiger partial charge in [0.05, 0.1) is 0 Å². The molecule has 0 fully saturated rings. The molecule has 1 atom stereocenters. The van der Waals surface area contributed by atoms with Gasteiger partial charge in [-0.1, -0.05) is 24.6 Å². The molecule has 1 aliphatic rings. The lowest BCUT2D eigenvalue weighted by molar-refractivity contribution is -0.112. The second kappa shape index (κ2) is 3.51. The summed E-state index contributed by atoms with van der Waals surface area (Å²) in [4.78, 5) is 10.8. The molecule has 1 nitrogen and oxygen atoms in total. The summed E-state index contributed by atoms with van der Waals surface area (Å²) in [6, 6.07) is 0. The van der Waals surface area contributed by atoms with E-state index in [1.807, 2.05) is 0 Å². The van der Waals surface area contributed by atoms with Crippen LogP contribution in [0.25, 0.3) is 0 Å². The van der Waals surface area contributed by atoms with Crippen LogP contribution in [0.3, 0.4) is 0 Å². The highest BCUT2D eigenvalue weighted by Gasteiger charge is 2.08. The summed E-state index contributed by atoms with van der Waals surface area (Å²) < 4.78 is 0. The van der Waals surface area contributed by atoms with Gasteiger partial charge in [-0.25, -0.2) is 0 Å². The first-order valence-corrected chi connectivity index (χ1v) is 4.08. The second-order valence-corrected chi connectivity index (χ2v) is 3.09. The van der Waals surface area contributed by atoms with Gasteiger partial charge in [0.2, 0.25) is 0 Å². The van der Waals surface area contributed by atoms with E-state index in [1.54, 1.807) is 13.0 Å². The summed E-state index contributed by atoms with van der Waals surface area (Å²) in [5, 5.41) is 0. The number of rotatable bonds is 1. The molecule has 0 N–H and O–H groups in total. The van der Waals surface area contributed by atoms with Crippen molar-refractivity contribution >= 4 is 5.78 Å². The monoisotopic (exact) mass is 150 g/mol. The Labute approximate surface area is 67.8 Å². The minimum Gasteiger partial charge on any atom is -0.295 e. The Bertz CT molecular complexity index is 211. The second-order valence-electron chi connectivity index (χ2n) is 3.09. The molecule has 1 heteroatoms. The van der Waals surface area contributed by atoms with Gasteiger partial charge in [-0.3, -0.25) is 4.79 Å². The minimum atomic E-state index is 0.169. The highest BCUT2D eigenvalue weighted by molar-refractivity contribution is 5.88. The first kappa shape index (κ1) is 8.25. The molecule has 1 aliphatic carbocycles. The van der Waals surface area contributed by atoms with Gasteiger partial charge in [0.15, 0.2) is 5.78 Å². The summed E-state index contributed by atoms with van der Waals surface area (Å²) in [6.45, 7) is 3.74. The van der Waals surface area contributed by atoms with Crippen LogP contribution >= 0.6 is 0 Å². The number of carbonyl (C=O) groups excluding carboxylic acids is 1. The maximum atomic E-state index is 10.8. The Morgan fingerprint density at radius 1 is 1.73 bits per heavy atom. The molecule has 0 spiro atoms. The lowest BCUT2D eigenvalue weighted by Crippen LogP contribution is -2.02. The maximum Gasteiger partial charge on any atom is 0.152 e. The third-order valence-electron chi connectivity index (χ3n) is 2.00. The number of allylic oxidation sites excluding steroid dienone is 4. The molecule has 0 aliphatic heterocycles. The fraction of sp³-hybridized carbons (Fsp3) is 0.500. The Morgan fingerprint density at radius 3 is 3.00 bits per heavy atom. The standard InChI is InChI=1S/C10H14O/c1-8-5-3-4-6-10(8)7-9(2)11/h3,5,7-8H,4,6H2,1-2H3. The topological polar surface area (TPSA) is 17.1 Å². The van der Waals surface area contributed by atoms with Crippen molar-refractivity contribution in [3.8, 4) is 0 Å². The van der Waals surface area contributed by atoms with Crippen LogP contribution in [0.4, 0.5) is 0 Å². The number of hydrogen-bond donors (Lipinski definition) is 0. The lowest BCUT2D eigenvalue weighted by atomic mass is 9.90. The Kier molecular flexibility index (Phi) is 2.64. The molecule has 11 heavy (non-hydrogen) atoms. The first-order valence-electron chi connectivity index (χ1n) is 4.08. The van der Waals surface area contributed by atoms with Crippen LogP contribution < -0.4 is 0 Å². The van der Waals surface area contributed by atoms with Crippen molar-refractivity contribution in [2.75, 3.05) is 0 Å². The summed E-state index contributed by atoms with van der Waals surface area (Å²) in [5.74, 6) is 0.634. The van der Waals surface area contributed by atoms with Crippen LogP contribution in [0, 0.1) is 5.92 Å². The molecule has 60 valence electrons. The van der Waals surface area contributed by atoms with Crippen molar-refractivity contribution < 1.29 is 4.79 Å². The zero-order valence-electron chi connectivity index (χ0n) is 7.13. The average Bonchev–Trinajstić information content (AvgIpc) is 1.93. The molecule has 0 heterocycles. The lowest BCUT2D eigenvalue weighted by Gasteiger charge is -2.15. The zero-order chi connectivity index (χ0) is 8.27. The quantitative estimate of drug-likeness (QED) is 0.414. The van der Waals surface area contributed by atoms with Crippen molar-refractivity contribution in [2.45, 2.75) is 26.7 Å². The van der Waals surface area contributed by atoms with Crippen LogP contribution in [0.5, 0.6) is 0 Å². The van der Waals surface area contributed by atoms with Crippen LogP contribution in [-0.4, -0.2) is 5.78 Å². The highest BCUT2D eigenvalue weighted by Crippen LogP contribution is 2.22. The molecule has 0 aromatic rings. The van der Waals surface area contributed by atoms with Crippen molar-refractivity contribution in [1.29, 1.82) is 0 Å². The Hall–Kier alpha value is -0.850. The van der Waals surface area contributed by atoms with E-state index in [0.717, 1.165) is 12.8 Å². The van der Waals surface area contributed by atoms with Gasteiger partial charge >= 0.3 is 0 Å². The fourth-order valence-electron chi connectivity index (χ4n) is 1.37. The maximum absolute atomic E-state index is 10.8. The van der Waals surface area contributed by atoms with E-state index in [1.165, 1.54) is 5.57 Å². The molecule has 0 aromatic heterocycles. The molecule has 0 radical (unpaired) electrons. The van der Waals surface area contributed by atoms with Crippen molar-refractivity contribution in [1.82, 2.24) is 0 Å². The van der Waals surface area contributed by atoms with Crippen LogP contribution in [0.2, 0.25) is 0 Å². The molecule has 0 aromatic carbocycles.